The number of aliphatic hydroxyl groups is 1. The van der Waals surface area contributed by atoms with Crippen LogP contribution >= 0.6 is 0 Å². The van der Waals surface area contributed by atoms with Crippen LogP contribution in [0, 0.1) is 56.2 Å². The second-order valence-corrected chi connectivity index (χ2v) is 14.9. The fourth-order valence-corrected chi connectivity index (χ4v) is 9.39. The summed E-state index contributed by atoms with van der Waals surface area (Å²) >= 11 is 0. The number of methoxy groups -OCH3 is 1. The van der Waals surface area contributed by atoms with Crippen molar-refractivity contribution >= 4 is 11.8 Å². The van der Waals surface area contributed by atoms with E-state index in [1.54, 1.807) is 0 Å². The molecule has 2 unspecified atom stereocenters. The number of esters is 1. The van der Waals surface area contributed by atoms with Crippen LogP contribution in [-0.4, -0.2) is 36.4 Å². The van der Waals surface area contributed by atoms with Crippen LogP contribution in [0.15, 0.2) is 11.6 Å². The Morgan fingerprint density at radius 3 is 2.21 bits per heavy atom. The molecular weight excluding hydrogens is 478 g/mol. The van der Waals surface area contributed by atoms with E-state index in [1.807, 2.05) is 19.9 Å². The number of allylic oxidation sites excluding steroid dienone is 2. The third kappa shape index (κ3) is 4.46. The van der Waals surface area contributed by atoms with Gasteiger partial charge in [-0.2, -0.15) is 5.26 Å². The van der Waals surface area contributed by atoms with Crippen LogP contribution in [-0.2, 0) is 19.1 Å². The van der Waals surface area contributed by atoms with Gasteiger partial charge in [0.2, 0.25) is 0 Å². The zero-order chi connectivity index (χ0) is 28.3. The van der Waals surface area contributed by atoms with Gasteiger partial charge in [-0.05, 0) is 84.9 Å². The van der Waals surface area contributed by atoms with Crippen molar-refractivity contribution in [1.29, 1.82) is 5.26 Å². The predicted octanol–water partition coefficient (Wildman–Crippen LogP) is 6.37. The molecule has 3 aliphatic carbocycles. The van der Waals surface area contributed by atoms with Crippen molar-refractivity contribution in [2.75, 3.05) is 7.11 Å². The summed E-state index contributed by atoms with van der Waals surface area (Å²) in [4.78, 5) is 26.1. The Morgan fingerprint density at radius 1 is 0.974 bits per heavy atom. The van der Waals surface area contributed by atoms with Gasteiger partial charge in [-0.1, -0.05) is 54.5 Å². The van der Waals surface area contributed by atoms with Gasteiger partial charge in [-0.3, -0.25) is 9.59 Å². The van der Waals surface area contributed by atoms with Gasteiger partial charge in [0.05, 0.1) is 24.7 Å². The summed E-state index contributed by atoms with van der Waals surface area (Å²) in [6.07, 6.45) is 8.24. The maximum Gasteiger partial charge on any atom is 0.308 e. The van der Waals surface area contributed by atoms with Crippen LogP contribution in [0.5, 0.6) is 0 Å². The number of ether oxygens (including phenoxy) is 2. The number of carbonyl (C=O) groups is 2. The molecule has 4 aliphatic rings. The third-order valence-corrected chi connectivity index (χ3v) is 12.1. The number of nitriles is 1. The number of carbonyl (C=O) groups excluding carboxylic acids is 2. The van der Waals surface area contributed by atoms with Gasteiger partial charge in [-0.15, -0.1) is 0 Å². The van der Waals surface area contributed by atoms with Gasteiger partial charge >= 0.3 is 5.97 Å². The summed E-state index contributed by atoms with van der Waals surface area (Å²) < 4.78 is 11.8. The van der Waals surface area contributed by atoms with Crippen LogP contribution in [0.1, 0.15) is 106 Å². The van der Waals surface area contributed by atoms with Crippen molar-refractivity contribution in [3.8, 4) is 6.07 Å². The fourth-order valence-electron chi connectivity index (χ4n) is 9.39. The zero-order valence-electron chi connectivity index (χ0n) is 24.9. The molecule has 0 bridgehead atoms. The molecule has 4 rings (SSSR count). The van der Waals surface area contributed by atoms with Gasteiger partial charge in [0.25, 0.3) is 0 Å². The molecule has 0 amide bonds. The number of nitrogens with zero attached hydrogens (tertiary/aromatic N) is 1. The average Bonchev–Trinajstić information content (AvgIpc) is 2.93. The zero-order valence-corrected chi connectivity index (χ0v) is 24.9. The monoisotopic (exact) mass is 527 g/mol. The number of rotatable bonds is 1. The Labute approximate surface area is 229 Å². The molecule has 1 saturated heterocycles. The topological polar surface area (TPSA) is 96.6 Å². The van der Waals surface area contributed by atoms with Crippen molar-refractivity contribution in [1.82, 2.24) is 0 Å². The van der Waals surface area contributed by atoms with Gasteiger partial charge in [0.1, 0.15) is 6.07 Å². The molecule has 1 N–H and O–H groups in total. The number of fused-ring (bicyclic) bond motifs is 5. The Bertz CT molecular complexity index is 1040. The van der Waals surface area contributed by atoms with Crippen LogP contribution in [0.4, 0.5) is 0 Å². The van der Waals surface area contributed by atoms with Gasteiger partial charge < -0.3 is 14.6 Å². The number of hydrogen-bond acceptors (Lipinski definition) is 6. The molecule has 212 valence electrons. The van der Waals surface area contributed by atoms with Crippen LogP contribution in [0.25, 0.3) is 0 Å². The fraction of sp³-hybridized carbons (Fsp3) is 0.844. The van der Waals surface area contributed by atoms with E-state index in [4.69, 9.17) is 9.47 Å². The maximum absolute atomic E-state index is 13.3. The first kappa shape index (κ1) is 29.3. The van der Waals surface area contributed by atoms with Gasteiger partial charge in [0, 0.05) is 11.8 Å². The lowest BCUT2D eigenvalue weighted by Crippen LogP contribution is -2.61. The highest BCUT2D eigenvalue weighted by molar-refractivity contribution is 6.04. The quantitative estimate of drug-likeness (QED) is 0.398. The van der Waals surface area contributed by atoms with Gasteiger partial charge in [-0.25, -0.2) is 0 Å². The molecule has 0 aromatic heterocycles. The molecule has 3 fully saturated rings. The van der Waals surface area contributed by atoms with Crippen LogP contribution in [0.2, 0.25) is 0 Å². The van der Waals surface area contributed by atoms with Crippen molar-refractivity contribution in [2.45, 2.75) is 119 Å². The first-order valence-electron chi connectivity index (χ1n) is 14.6. The van der Waals surface area contributed by atoms with Crippen molar-refractivity contribution < 1.29 is 24.2 Å². The Kier molecular flexibility index (Phi) is 7.50. The molecule has 38 heavy (non-hydrogen) atoms. The molecule has 0 radical (unpaired) electrons. The van der Waals surface area contributed by atoms with E-state index in [2.05, 4.69) is 40.7 Å². The molecule has 2 saturated carbocycles. The Hall–Kier alpha value is -1.71. The summed E-state index contributed by atoms with van der Waals surface area (Å²) in [6.45, 7) is 15.4. The lowest BCUT2D eigenvalue weighted by Gasteiger charge is -2.64. The molecule has 1 aliphatic heterocycles. The number of aliphatic hydroxyl groups excluding tert-OH is 1. The summed E-state index contributed by atoms with van der Waals surface area (Å²) in [5.74, 6) is -0.272. The second-order valence-electron chi connectivity index (χ2n) is 14.9. The lowest BCUT2D eigenvalue weighted by atomic mass is 9.39. The molecule has 1 heterocycles. The molecular formula is C32H49NO5. The largest absolute Gasteiger partial charge is 0.469 e. The highest BCUT2D eigenvalue weighted by Crippen LogP contribution is 2.70. The average molecular weight is 528 g/mol. The molecule has 0 aromatic carbocycles. The number of Topliss-reactive ketones (excluding diaryl/α,β-unsaturated/α-hetero) is 1. The minimum absolute atomic E-state index is 0.0157. The van der Waals surface area contributed by atoms with E-state index >= 15 is 0 Å². The van der Waals surface area contributed by atoms with E-state index in [0.29, 0.717) is 6.42 Å². The first-order valence-corrected chi connectivity index (χ1v) is 14.6. The minimum atomic E-state index is -0.913. The Balaban J connectivity index is 1.85. The second kappa shape index (κ2) is 9.73. The highest BCUT2D eigenvalue weighted by atomic mass is 16.6. The van der Waals surface area contributed by atoms with E-state index < -0.39 is 17.1 Å². The standard InChI is InChI=1S/C32H49NO5/c1-28(2)13-9-20(27(36)37-8)10-15-32(7)24(12-14-28)38-25(34)17-23-30(5)18-21(19-33)26(35)29(3,4)22(30)11-16-31(23,32)6/h18,20,22-25,34H,9-17H2,1-8H3/t20-,22-,23+,24?,25?,30-,31+,32+/m0/s1. The summed E-state index contributed by atoms with van der Waals surface area (Å²) in [5, 5.41) is 21.3. The Morgan fingerprint density at radius 2 is 1.58 bits per heavy atom. The number of hydrogen-bond donors (Lipinski definition) is 1. The lowest BCUT2D eigenvalue weighted by molar-refractivity contribution is -0.184. The molecule has 0 spiro atoms. The van der Waals surface area contributed by atoms with Gasteiger partial charge in [0.15, 0.2) is 12.1 Å². The van der Waals surface area contributed by atoms with E-state index in [1.165, 1.54) is 7.11 Å². The minimum Gasteiger partial charge on any atom is -0.469 e. The predicted molar refractivity (Wildman–Crippen MR) is 146 cm³/mol. The van der Waals surface area contributed by atoms with Crippen molar-refractivity contribution in [3.05, 3.63) is 11.6 Å². The highest BCUT2D eigenvalue weighted by Gasteiger charge is 2.67. The van der Waals surface area contributed by atoms with Crippen molar-refractivity contribution in [3.63, 3.8) is 0 Å². The summed E-state index contributed by atoms with van der Waals surface area (Å²) in [7, 11) is 1.48. The molecule has 6 heteroatoms. The number of ketones is 1. The maximum atomic E-state index is 13.3. The molecule has 8 atom stereocenters. The summed E-state index contributed by atoms with van der Waals surface area (Å²) in [5.41, 5.74) is -1.32. The molecule has 0 aromatic rings. The van der Waals surface area contributed by atoms with E-state index in [-0.39, 0.29) is 57.4 Å². The first-order chi connectivity index (χ1) is 17.6. The smallest absolute Gasteiger partial charge is 0.308 e. The van der Waals surface area contributed by atoms with E-state index in [0.717, 1.165) is 51.4 Å². The van der Waals surface area contributed by atoms with Crippen LogP contribution in [0.3, 0.4) is 0 Å². The normalized spacial score (nSPS) is 44.7. The van der Waals surface area contributed by atoms with Crippen LogP contribution < -0.4 is 0 Å². The SMILES string of the molecule is COC(=O)[C@H]1CCC(C)(C)CCC2OC(O)C[C@@H]3[C@@]4(C)C=C(C#N)C(=O)C(C)(C)[C@@H]4CC[C@@]3(C)[C@]2(C)CC1. The summed E-state index contributed by atoms with van der Waals surface area (Å²) in [6, 6.07) is 2.20. The third-order valence-electron chi connectivity index (χ3n) is 12.1. The van der Waals surface area contributed by atoms with E-state index in [9.17, 15) is 20.0 Å². The van der Waals surface area contributed by atoms with Crippen molar-refractivity contribution in [2.24, 2.45) is 44.8 Å². The molecule has 6 nitrogen and oxygen atoms in total.